The SMILES string of the molecule is COC(=O)c1ccc(C2C(C#N)=C(N)Oc3cc(OC(=O)c4cc([N+](=O)[O-])ccc4Cl)ccc32)cc1. The molecule has 0 fully saturated rings. The summed E-state index contributed by atoms with van der Waals surface area (Å²) in [5.74, 6) is -1.84. The number of benzene rings is 3. The van der Waals surface area contributed by atoms with E-state index in [1.807, 2.05) is 0 Å². The molecule has 3 aromatic carbocycles. The first-order valence-corrected chi connectivity index (χ1v) is 10.7. The molecule has 1 heterocycles. The zero-order valence-corrected chi connectivity index (χ0v) is 19.3. The number of fused-ring (bicyclic) bond motifs is 1. The Balaban J connectivity index is 1.67. The fraction of sp³-hybridized carbons (Fsp3) is 0.0800. The number of nitro benzene ring substituents is 1. The largest absolute Gasteiger partial charge is 0.465 e. The van der Waals surface area contributed by atoms with Crippen LogP contribution < -0.4 is 15.2 Å². The smallest absolute Gasteiger partial charge is 0.345 e. The van der Waals surface area contributed by atoms with Crippen molar-refractivity contribution >= 4 is 29.2 Å². The van der Waals surface area contributed by atoms with Crippen LogP contribution in [0.1, 0.15) is 37.8 Å². The molecule has 4 rings (SSSR count). The Kier molecular flexibility index (Phi) is 6.58. The van der Waals surface area contributed by atoms with E-state index in [0.29, 0.717) is 16.7 Å². The number of allylic oxidation sites excluding steroid dienone is 1. The highest BCUT2D eigenvalue weighted by atomic mass is 35.5. The molecule has 1 unspecified atom stereocenters. The Morgan fingerprint density at radius 3 is 2.47 bits per heavy atom. The maximum atomic E-state index is 12.7. The van der Waals surface area contributed by atoms with Crippen molar-refractivity contribution < 1.29 is 28.7 Å². The van der Waals surface area contributed by atoms with Gasteiger partial charge in [0.25, 0.3) is 5.69 Å². The Hall–Kier alpha value is -4.88. The van der Waals surface area contributed by atoms with Gasteiger partial charge in [-0.1, -0.05) is 29.8 Å². The number of nitriles is 1. The van der Waals surface area contributed by atoms with Crippen molar-refractivity contribution in [2.75, 3.05) is 7.11 Å². The van der Waals surface area contributed by atoms with E-state index in [2.05, 4.69) is 6.07 Å². The van der Waals surface area contributed by atoms with Crippen LogP contribution in [0.5, 0.6) is 11.5 Å². The van der Waals surface area contributed by atoms with Gasteiger partial charge in [-0.2, -0.15) is 5.26 Å². The number of rotatable bonds is 5. The van der Waals surface area contributed by atoms with Crippen molar-refractivity contribution in [3.05, 3.63) is 110 Å². The number of hydrogen-bond donors (Lipinski definition) is 1. The fourth-order valence-electron chi connectivity index (χ4n) is 3.72. The summed E-state index contributed by atoms with van der Waals surface area (Å²) in [6, 6.07) is 16.5. The van der Waals surface area contributed by atoms with Crippen LogP contribution in [-0.2, 0) is 4.74 Å². The molecule has 180 valence electrons. The van der Waals surface area contributed by atoms with Gasteiger partial charge in [0.1, 0.15) is 23.1 Å². The van der Waals surface area contributed by atoms with Crippen molar-refractivity contribution in [3.63, 3.8) is 0 Å². The maximum absolute atomic E-state index is 12.7. The van der Waals surface area contributed by atoms with Crippen LogP contribution in [0.2, 0.25) is 5.02 Å². The molecule has 1 aliphatic heterocycles. The highest BCUT2D eigenvalue weighted by Crippen LogP contribution is 2.43. The number of carbonyl (C=O) groups is 2. The van der Waals surface area contributed by atoms with Crippen LogP contribution in [0, 0.1) is 21.4 Å². The molecule has 0 aliphatic carbocycles. The number of non-ortho nitro benzene ring substituents is 1. The summed E-state index contributed by atoms with van der Waals surface area (Å²) >= 11 is 6.03. The van der Waals surface area contributed by atoms with Crippen LogP contribution >= 0.6 is 11.6 Å². The molecular formula is C25H16ClN3O7. The standard InChI is InChI=1S/C25H16ClN3O7/c1-34-24(30)14-4-2-13(3-5-14)22-17-8-7-16(11-21(17)36-23(28)19(22)12-27)35-25(31)18-10-15(29(32)33)6-9-20(18)26/h2-11,22H,28H2,1H3. The molecule has 0 radical (unpaired) electrons. The number of esters is 2. The predicted molar refractivity (Wildman–Crippen MR) is 127 cm³/mol. The molecule has 2 N–H and O–H groups in total. The summed E-state index contributed by atoms with van der Waals surface area (Å²) < 4.78 is 15.7. The number of nitrogens with two attached hydrogens (primary N) is 1. The van der Waals surface area contributed by atoms with Gasteiger partial charge in [0.15, 0.2) is 0 Å². The van der Waals surface area contributed by atoms with Crippen molar-refractivity contribution in [1.82, 2.24) is 0 Å². The third-order valence-corrected chi connectivity index (χ3v) is 5.78. The molecule has 0 bridgehead atoms. The summed E-state index contributed by atoms with van der Waals surface area (Å²) in [5, 5.41) is 20.7. The molecule has 1 atom stereocenters. The topological polar surface area (TPSA) is 155 Å². The summed E-state index contributed by atoms with van der Waals surface area (Å²) in [6.45, 7) is 0. The van der Waals surface area contributed by atoms with E-state index < -0.39 is 22.8 Å². The Morgan fingerprint density at radius 2 is 1.83 bits per heavy atom. The average Bonchev–Trinajstić information content (AvgIpc) is 2.87. The first-order valence-electron chi connectivity index (χ1n) is 10.3. The molecule has 1 aliphatic rings. The highest BCUT2D eigenvalue weighted by molar-refractivity contribution is 6.33. The second-order valence-electron chi connectivity index (χ2n) is 7.55. The second-order valence-corrected chi connectivity index (χ2v) is 7.96. The minimum Gasteiger partial charge on any atom is -0.465 e. The van der Waals surface area contributed by atoms with E-state index in [1.165, 1.54) is 31.4 Å². The van der Waals surface area contributed by atoms with Gasteiger partial charge in [0, 0.05) is 23.8 Å². The fourth-order valence-corrected chi connectivity index (χ4v) is 3.91. The highest BCUT2D eigenvalue weighted by Gasteiger charge is 2.31. The zero-order chi connectivity index (χ0) is 26.0. The number of hydrogen-bond acceptors (Lipinski definition) is 9. The lowest BCUT2D eigenvalue weighted by Crippen LogP contribution is -2.21. The lowest BCUT2D eigenvalue weighted by atomic mass is 9.83. The van der Waals surface area contributed by atoms with Crippen LogP contribution in [0.15, 0.2) is 72.1 Å². The molecule has 0 saturated heterocycles. The Labute approximate surface area is 209 Å². The van der Waals surface area contributed by atoms with Gasteiger partial charge in [0.2, 0.25) is 5.88 Å². The average molecular weight is 506 g/mol. The minimum atomic E-state index is -0.907. The Morgan fingerprint density at radius 1 is 1.11 bits per heavy atom. The third-order valence-electron chi connectivity index (χ3n) is 5.45. The first-order chi connectivity index (χ1) is 17.2. The maximum Gasteiger partial charge on any atom is 0.345 e. The Bertz CT molecular complexity index is 1480. The van der Waals surface area contributed by atoms with Gasteiger partial charge in [-0.3, -0.25) is 10.1 Å². The molecular weight excluding hydrogens is 490 g/mol. The quantitative estimate of drug-likeness (QED) is 0.229. The van der Waals surface area contributed by atoms with Crippen LogP contribution in [-0.4, -0.2) is 24.0 Å². The molecule has 36 heavy (non-hydrogen) atoms. The molecule has 11 heteroatoms. The monoisotopic (exact) mass is 505 g/mol. The number of methoxy groups -OCH3 is 1. The van der Waals surface area contributed by atoms with Crippen LogP contribution in [0.3, 0.4) is 0 Å². The number of halogens is 1. The zero-order valence-electron chi connectivity index (χ0n) is 18.6. The van der Waals surface area contributed by atoms with Gasteiger partial charge in [-0.15, -0.1) is 0 Å². The van der Waals surface area contributed by atoms with Gasteiger partial charge in [-0.05, 0) is 29.8 Å². The van der Waals surface area contributed by atoms with E-state index in [0.717, 1.165) is 6.07 Å². The number of ether oxygens (including phenoxy) is 3. The van der Waals surface area contributed by atoms with Crippen molar-refractivity contribution in [3.8, 4) is 17.6 Å². The second kappa shape index (κ2) is 9.77. The molecule has 0 amide bonds. The predicted octanol–water partition coefficient (Wildman–Crippen LogP) is 4.47. The lowest BCUT2D eigenvalue weighted by Gasteiger charge is -2.26. The molecule has 10 nitrogen and oxygen atoms in total. The lowest BCUT2D eigenvalue weighted by molar-refractivity contribution is -0.384. The molecule has 0 spiro atoms. The van der Waals surface area contributed by atoms with Crippen molar-refractivity contribution in [2.45, 2.75) is 5.92 Å². The summed E-state index contributed by atoms with van der Waals surface area (Å²) in [7, 11) is 1.28. The summed E-state index contributed by atoms with van der Waals surface area (Å²) in [5.41, 5.74) is 7.26. The van der Waals surface area contributed by atoms with E-state index in [4.69, 9.17) is 31.5 Å². The normalized spacial score (nSPS) is 14.2. The number of nitro groups is 1. The molecule has 3 aromatic rings. The minimum absolute atomic E-state index is 0.0129. The number of carbonyl (C=O) groups excluding carboxylic acids is 2. The van der Waals surface area contributed by atoms with Crippen LogP contribution in [0.4, 0.5) is 5.69 Å². The first kappa shape index (κ1) is 24.3. The van der Waals surface area contributed by atoms with Crippen molar-refractivity contribution in [2.24, 2.45) is 5.73 Å². The van der Waals surface area contributed by atoms with Gasteiger partial charge in [0.05, 0.1) is 34.1 Å². The van der Waals surface area contributed by atoms with Crippen molar-refractivity contribution in [1.29, 1.82) is 5.26 Å². The number of nitrogens with zero attached hydrogens (tertiary/aromatic N) is 2. The van der Waals surface area contributed by atoms with E-state index in [-0.39, 0.29) is 39.2 Å². The summed E-state index contributed by atoms with van der Waals surface area (Å²) in [6.07, 6.45) is 0. The van der Waals surface area contributed by atoms with E-state index in [9.17, 15) is 25.0 Å². The van der Waals surface area contributed by atoms with Gasteiger partial charge in [-0.25, -0.2) is 9.59 Å². The van der Waals surface area contributed by atoms with E-state index in [1.54, 1.807) is 30.3 Å². The van der Waals surface area contributed by atoms with E-state index >= 15 is 0 Å². The van der Waals surface area contributed by atoms with Gasteiger partial charge >= 0.3 is 11.9 Å². The molecule has 0 saturated carbocycles. The van der Waals surface area contributed by atoms with Gasteiger partial charge < -0.3 is 19.9 Å². The third kappa shape index (κ3) is 4.55. The van der Waals surface area contributed by atoms with Crippen LogP contribution in [0.25, 0.3) is 0 Å². The summed E-state index contributed by atoms with van der Waals surface area (Å²) in [4.78, 5) is 34.8. The molecule has 0 aromatic heterocycles.